The van der Waals surface area contributed by atoms with Gasteiger partial charge in [0.2, 0.25) is 10.0 Å². The number of rotatable bonds is 4. The van der Waals surface area contributed by atoms with Gasteiger partial charge in [-0.15, -0.1) is 0 Å². The Kier molecular flexibility index (Phi) is 5.06. The molecule has 1 saturated heterocycles. The molecular formula is C18H23NO6S. The highest BCUT2D eigenvalue weighted by Gasteiger charge is 2.56. The number of hydrogen-bond acceptors (Lipinski definition) is 6. The topological polar surface area (TPSA) is 82.1 Å². The van der Waals surface area contributed by atoms with E-state index in [0.717, 1.165) is 0 Å². The summed E-state index contributed by atoms with van der Waals surface area (Å²) >= 11 is 0. The lowest BCUT2D eigenvalue weighted by Crippen LogP contribution is -2.56. The first-order chi connectivity index (χ1) is 12.2. The fourth-order valence-electron chi connectivity index (χ4n) is 3.56. The number of ether oxygens (including phenoxy) is 3. The van der Waals surface area contributed by atoms with Crippen molar-refractivity contribution in [1.82, 2.24) is 4.31 Å². The molecule has 0 aromatic heterocycles. The van der Waals surface area contributed by atoms with Crippen LogP contribution in [0, 0.1) is 0 Å². The Hall–Kier alpha value is -1.58. The number of ketones is 1. The van der Waals surface area contributed by atoms with Gasteiger partial charge in [-0.25, -0.2) is 8.42 Å². The Morgan fingerprint density at radius 3 is 2.46 bits per heavy atom. The van der Waals surface area contributed by atoms with Gasteiger partial charge in [-0.05, 0) is 45.1 Å². The summed E-state index contributed by atoms with van der Waals surface area (Å²) in [6.07, 6.45) is 0.602. The van der Waals surface area contributed by atoms with Crippen LogP contribution in [0.5, 0.6) is 0 Å². The molecule has 1 aromatic carbocycles. The Labute approximate surface area is 153 Å². The number of hydrogen-bond donors (Lipinski definition) is 0. The van der Waals surface area contributed by atoms with E-state index < -0.39 is 40.3 Å². The zero-order valence-corrected chi connectivity index (χ0v) is 16.0. The average Bonchev–Trinajstić information content (AvgIpc) is 2.85. The Morgan fingerprint density at radius 1 is 1.19 bits per heavy atom. The second kappa shape index (κ2) is 6.86. The van der Waals surface area contributed by atoms with Crippen LogP contribution in [-0.2, 0) is 29.0 Å². The van der Waals surface area contributed by atoms with Crippen LogP contribution >= 0.6 is 0 Å². The van der Waals surface area contributed by atoms with E-state index in [1.807, 2.05) is 0 Å². The summed E-state index contributed by atoms with van der Waals surface area (Å²) in [4.78, 5) is 12.6. The van der Waals surface area contributed by atoms with Crippen LogP contribution in [0.15, 0.2) is 47.4 Å². The molecule has 26 heavy (non-hydrogen) atoms. The maximum absolute atomic E-state index is 13.3. The predicted molar refractivity (Wildman–Crippen MR) is 93.7 cm³/mol. The number of carbonyl (C=O) groups excluding carboxylic acids is 1. The van der Waals surface area contributed by atoms with Crippen molar-refractivity contribution in [1.29, 1.82) is 0 Å². The van der Waals surface area contributed by atoms with Crippen LogP contribution < -0.4 is 0 Å². The van der Waals surface area contributed by atoms with Gasteiger partial charge in [0.15, 0.2) is 12.1 Å². The van der Waals surface area contributed by atoms with E-state index in [9.17, 15) is 13.2 Å². The van der Waals surface area contributed by atoms with Gasteiger partial charge < -0.3 is 14.2 Å². The summed E-state index contributed by atoms with van der Waals surface area (Å²) in [6, 6.07) is 7.28. The first kappa shape index (κ1) is 19.2. The predicted octanol–water partition coefficient (Wildman–Crippen LogP) is 1.70. The monoisotopic (exact) mass is 381 g/mol. The van der Waals surface area contributed by atoms with Crippen LogP contribution in [0.25, 0.3) is 0 Å². The quantitative estimate of drug-likeness (QED) is 0.790. The highest BCUT2D eigenvalue weighted by molar-refractivity contribution is 7.89. The molecule has 0 unspecified atom stereocenters. The summed E-state index contributed by atoms with van der Waals surface area (Å²) in [5.74, 6) is -0.315. The van der Waals surface area contributed by atoms with E-state index >= 15 is 0 Å². The van der Waals surface area contributed by atoms with Gasteiger partial charge in [0.05, 0.1) is 17.0 Å². The summed E-state index contributed by atoms with van der Waals surface area (Å²) < 4.78 is 44.7. The largest absolute Gasteiger partial charge is 0.355 e. The van der Waals surface area contributed by atoms with Crippen LogP contribution in [0.3, 0.4) is 0 Å². The molecule has 1 fully saturated rings. The zero-order chi connectivity index (χ0) is 19.1. The van der Waals surface area contributed by atoms with Crippen LogP contribution in [-0.4, -0.2) is 55.9 Å². The molecular weight excluding hydrogens is 358 g/mol. The van der Waals surface area contributed by atoms with E-state index in [0.29, 0.717) is 0 Å². The van der Waals surface area contributed by atoms with Crippen molar-refractivity contribution >= 4 is 15.8 Å². The summed E-state index contributed by atoms with van der Waals surface area (Å²) in [6.45, 7) is 5.07. The van der Waals surface area contributed by atoms with Gasteiger partial charge in [0.1, 0.15) is 11.8 Å². The minimum absolute atomic E-state index is 0.137. The molecule has 0 spiro atoms. The summed E-state index contributed by atoms with van der Waals surface area (Å²) in [7, 11) is -2.46. The van der Waals surface area contributed by atoms with Crippen LogP contribution in [0.2, 0.25) is 0 Å². The minimum atomic E-state index is -3.91. The lowest BCUT2D eigenvalue weighted by Gasteiger charge is -2.36. The average molecular weight is 381 g/mol. The molecule has 2 heterocycles. The van der Waals surface area contributed by atoms with Crippen LogP contribution in [0.1, 0.15) is 20.8 Å². The molecule has 0 amide bonds. The smallest absolute Gasteiger partial charge is 0.245 e. The summed E-state index contributed by atoms with van der Waals surface area (Å²) in [5, 5.41) is 0. The van der Waals surface area contributed by atoms with E-state index in [-0.39, 0.29) is 10.7 Å². The van der Waals surface area contributed by atoms with Gasteiger partial charge in [-0.3, -0.25) is 4.79 Å². The second-order valence-electron chi connectivity index (χ2n) is 6.80. The highest BCUT2D eigenvalue weighted by Crippen LogP contribution is 2.40. The van der Waals surface area contributed by atoms with Crippen molar-refractivity contribution < 1.29 is 27.4 Å². The van der Waals surface area contributed by atoms with Crippen molar-refractivity contribution in [3.05, 3.63) is 42.5 Å². The first-order valence-electron chi connectivity index (χ1n) is 8.36. The van der Waals surface area contributed by atoms with Gasteiger partial charge in [-0.2, -0.15) is 4.31 Å². The number of benzene rings is 1. The fraction of sp³-hybridized carbons (Fsp3) is 0.500. The molecule has 0 N–H and O–H groups in total. The molecule has 142 valence electrons. The van der Waals surface area contributed by atoms with Crippen molar-refractivity contribution in [2.24, 2.45) is 0 Å². The SMILES string of the molecule is CO[C@@H]1C=CC(=O)[C@@H]([C@H]2[C@@H](C)OC(C)(C)N2S(=O)(=O)c2ccccc2)O1. The fourth-order valence-corrected chi connectivity index (χ4v) is 5.51. The maximum atomic E-state index is 13.3. The number of methoxy groups -OCH3 is 1. The molecule has 0 radical (unpaired) electrons. The van der Waals surface area contributed by atoms with Gasteiger partial charge in [-0.1, -0.05) is 18.2 Å². The third-order valence-electron chi connectivity index (χ3n) is 4.58. The first-order valence-corrected chi connectivity index (χ1v) is 9.80. The Morgan fingerprint density at radius 2 is 1.85 bits per heavy atom. The number of carbonyl (C=O) groups is 1. The third-order valence-corrected chi connectivity index (χ3v) is 6.65. The molecule has 1 aromatic rings. The van der Waals surface area contributed by atoms with Gasteiger partial charge in [0, 0.05) is 7.11 Å². The van der Waals surface area contributed by atoms with Crippen molar-refractivity contribution in [3.8, 4) is 0 Å². The number of sulfonamides is 1. The van der Waals surface area contributed by atoms with Crippen molar-refractivity contribution in [2.45, 2.75) is 55.9 Å². The normalized spacial score (nSPS) is 32.1. The van der Waals surface area contributed by atoms with Crippen LogP contribution in [0.4, 0.5) is 0 Å². The van der Waals surface area contributed by atoms with Gasteiger partial charge >= 0.3 is 0 Å². The molecule has 7 nitrogen and oxygen atoms in total. The number of nitrogens with zero attached hydrogens (tertiary/aromatic N) is 1. The molecule has 0 saturated carbocycles. The molecule has 0 aliphatic carbocycles. The lowest BCUT2D eigenvalue weighted by atomic mass is 10.0. The second-order valence-corrected chi connectivity index (χ2v) is 8.61. The maximum Gasteiger partial charge on any atom is 0.245 e. The lowest BCUT2D eigenvalue weighted by molar-refractivity contribution is -0.163. The Bertz CT molecular complexity index is 804. The standard InChI is InChI=1S/C18H23NO6S/c1-12-16(17-14(20)10-11-15(23-4)24-17)19(18(2,3)25-12)26(21,22)13-8-6-5-7-9-13/h5-12,15-17H,1-4H3/t12-,15+,16-,17+/m1/s1. The highest BCUT2D eigenvalue weighted by atomic mass is 32.2. The van der Waals surface area contributed by atoms with E-state index in [4.69, 9.17) is 14.2 Å². The molecule has 0 bridgehead atoms. The van der Waals surface area contributed by atoms with Crippen molar-refractivity contribution in [2.75, 3.05) is 7.11 Å². The van der Waals surface area contributed by atoms with Gasteiger partial charge in [0.25, 0.3) is 0 Å². The zero-order valence-electron chi connectivity index (χ0n) is 15.2. The Balaban J connectivity index is 2.06. The van der Waals surface area contributed by atoms with E-state index in [1.54, 1.807) is 39.0 Å². The molecule has 2 aliphatic heterocycles. The molecule has 8 heteroatoms. The molecule has 2 aliphatic rings. The van der Waals surface area contributed by atoms with Crippen molar-refractivity contribution in [3.63, 3.8) is 0 Å². The molecule has 4 atom stereocenters. The molecule has 3 rings (SSSR count). The van der Waals surface area contributed by atoms with E-state index in [1.165, 1.54) is 35.7 Å². The third kappa shape index (κ3) is 3.23. The minimum Gasteiger partial charge on any atom is -0.355 e. The van der Waals surface area contributed by atoms with E-state index in [2.05, 4.69) is 0 Å². The summed E-state index contributed by atoms with van der Waals surface area (Å²) in [5.41, 5.74) is -1.13.